The SMILES string of the molecule is C[C@H]1Oc2ccccc2N(CC(=O)N[C@H](c2ccccc2)C2CC2)C1=O. The van der Waals surface area contributed by atoms with Gasteiger partial charge in [0.05, 0.1) is 11.7 Å². The molecule has 5 nitrogen and oxygen atoms in total. The third-order valence-electron chi connectivity index (χ3n) is 4.94. The lowest BCUT2D eigenvalue weighted by Gasteiger charge is -2.33. The fourth-order valence-electron chi connectivity index (χ4n) is 3.45. The molecule has 2 aliphatic rings. The Morgan fingerprint density at radius 1 is 1.15 bits per heavy atom. The molecule has 0 unspecified atom stereocenters. The molecule has 2 aromatic rings. The van der Waals surface area contributed by atoms with Crippen molar-refractivity contribution in [3.05, 3.63) is 60.2 Å². The van der Waals surface area contributed by atoms with E-state index in [4.69, 9.17) is 4.74 Å². The molecular formula is C21H22N2O3. The first-order valence-electron chi connectivity index (χ1n) is 9.05. The van der Waals surface area contributed by atoms with Crippen molar-refractivity contribution in [2.45, 2.75) is 31.9 Å². The van der Waals surface area contributed by atoms with Crippen LogP contribution in [0.1, 0.15) is 31.4 Å². The van der Waals surface area contributed by atoms with Gasteiger partial charge in [0, 0.05) is 0 Å². The van der Waals surface area contributed by atoms with Crippen LogP contribution in [-0.2, 0) is 9.59 Å². The van der Waals surface area contributed by atoms with Gasteiger partial charge in [0.1, 0.15) is 12.3 Å². The number of benzene rings is 2. The monoisotopic (exact) mass is 350 g/mol. The van der Waals surface area contributed by atoms with Crippen molar-refractivity contribution in [2.24, 2.45) is 5.92 Å². The van der Waals surface area contributed by atoms with E-state index in [0.29, 0.717) is 17.4 Å². The minimum atomic E-state index is -0.592. The smallest absolute Gasteiger partial charge is 0.268 e. The molecule has 1 saturated carbocycles. The van der Waals surface area contributed by atoms with Crippen LogP contribution in [0.2, 0.25) is 0 Å². The highest BCUT2D eigenvalue weighted by Crippen LogP contribution is 2.41. The number of carbonyl (C=O) groups is 2. The van der Waals surface area contributed by atoms with E-state index in [1.807, 2.05) is 54.6 Å². The lowest BCUT2D eigenvalue weighted by molar-refractivity contribution is -0.128. The van der Waals surface area contributed by atoms with Crippen LogP contribution in [0.5, 0.6) is 5.75 Å². The number of para-hydroxylation sites is 2. The predicted octanol–water partition coefficient (Wildman–Crippen LogP) is 3.07. The molecule has 4 rings (SSSR count). The lowest BCUT2D eigenvalue weighted by atomic mass is 10.0. The quantitative estimate of drug-likeness (QED) is 0.902. The van der Waals surface area contributed by atoms with Crippen LogP contribution < -0.4 is 15.0 Å². The van der Waals surface area contributed by atoms with Crippen molar-refractivity contribution in [2.75, 3.05) is 11.4 Å². The van der Waals surface area contributed by atoms with E-state index in [1.165, 1.54) is 4.90 Å². The minimum Gasteiger partial charge on any atom is -0.479 e. The number of fused-ring (bicyclic) bond motifs is 1. The molecule has 0 bridgehead atoms. The highest BCUT2D eigenvalue weighted by atomic mass is 16.5. The van der Waals surface area contributed by atoms with Crippen LogP contribution in [0.4, 0.5) is 5.69 Å². The zero-order chi connectivity index (χ0) is 18.1. The Hall–Kier alpha value is -2.82. The first-order chi connectivity index (χ1) is 12.6. The summed E-state index contributed by atoms with van der Waals surface area (Å²) in [5.74, 6) is 0.770. The van der Waals surface area contributed by atoms with E-state index >= 15 is 0 Å². The van der Waals surface area contributed by atoms with Gasteiger partial charge < -0.3 is 10.1 Å². The zero-order valence-electron chi connectivity index (χ0n) is 14.7. The third-order valence-corrected chi connectivity index (χ3v) is 4.94. The molecule has 0 spiro atoms. The number of hydrogen-bond acceptors (Lipinski definition) is 3. The summed E-state index contributed by atoms with van der Waals surface area (Å²) in [6.07, 6.45) is 1.65. The molecule has 26 heavy (non-hydrogen) atoms. The van der Waals surface area contributed by atoms with Gasteiger partial charge in [-0.3, -0.25) is 14.5 Å². The second-order valence-corrected chi connectivity index (χ2v) is 6.95. The maximum Gasteiger partial charge on any atom is 0.268 e. The predicted molar refractivity (Wildman–Crippen MR) is 98.9 cm³/mol. The van der Waals surface area contributed by atoms with Crippen molar-refractivity contribution in [3.63, 3.8) is 0 Å². The Kier molecular flexibility index (Phi) is 4.37. The summed E-state index contributed by atoms with van der Waals surface area (Å²) < 4.78 is 5.63. The lowest BCUT2D eigenvalue weighted by Crippen LogP contribution is -2.49. The first-order valence-corrected chi connectivity index (χ1v) is 9.05. The van der Waals surface area contributed by atoms with Crippen LogP contribution >= 0.6 is 0 Å². The fraction of sp³-hybridized carbons (Fsp3) is 0.333. The number of carbonyl (C=O) groups excluding carboxylic acids is 2. The van der Waals surface area contributed by atoms with E-state index in [-0.39, 0.29) is 24.4 Å². The molecule has 0 radical (unpaired) electrons. The van der Waals surface area contributed by atoms with E-state index in [9.17, 15) is 9.59 Å². The van der Waals surface area contributed by atoms with Gasteiger partial charge in [-0.15, -0.1) is 0 Å². The summed E-state index contributed by atoms with van der Waals surface area (Å²) >= 11 is 0. The number of ether oxygens (including phenoxy) is 1. The first kappa shape index (κ1) is 16.6. The molecule has 134 valence electrons. The number of anilines is 1. The molecule has 1 fully saturated rings. The van der Waals surface area contributed by atoms with Gasteiger partial charge in [-0.25, -0.2) is 0 Å². The molecule has 0 saturated heterocycles. The highest BCUT2D eigenvalue weighted by molar-refractivity contribution is 6.03. The molecule has 2 aromatic carbocycles. The summed E-state index contributed by atoms with van der Waals surface area (Å²) in [5, 5.41) is 3.14. The van der Waals surface area contributed by atoms with E-state index in [2.05, 4.69) is 5.32 Å². The fourth-order valence-corrected chi connectivity index (χ4v) is 3.45. The van der Waals surface area contributed by atoms with Crippen molar-refractivity contribution >= 4 is 17.5 Å². The third kappa shape index (κ3) is 3.29. The molecule has 1 aliphatic carbocycles. The molecule has 1 heterocycles. The van der Waals surface area contributed by atoms with Crippen LogP contribution in [-0.4, -0.2) is 24.5 Å². The molecule has 5 heteroatoms. The Labute approximate surface area is 153 Å². The van der Waals surface area contributed by atoms with Gasteiger partial charge in [-0.1, -0.05) is 42.5 Å². The Balaban J connectivity index is 1.51. The summed E-state index contributed by atoms with van der Waals surface area (Å²) in [4.78, 5) is 26.8. The standard InChI is InChI=1S/C21H22N2O3/c1-14-21(25)23(17-9-5-6-10-18(17)26-14)13-19(24)22-20(16-11-12-16)15-7-3-2-4-8-15/h2-10,14,16,20H,11-13H2,1H3,(H,22,24)/t14-,20-/m1/s1. The summed E-state index contributed by atoms with van der Waals surface area (Å²) in [5.41, 5.74) is 1.76. The molecule has 1 aliphatic heterocycles. The summed E-state index contributed by atoms with van der Waals surface area (Å²) in [6.45, 7) is 1.71. The van der Waals surface area contributed by atoms with Gasteiger partial charge in [0.25, 0.3) is 5.91 Å². The summed E-state index contributed by atoms with van der Waals surface area (Å²) in [7, 11) is 0. The molecule has 2 amide bonds. The van der Waals surface area contributed by atoms with Gasteiger partial charge in [0.15, 0.2) is 6.10 Å². The van der Waals surface area contributed by atoms with Crippen LogP contribution in [0, 0.1) is 5.92 Å². The number of rotatable bonds is 5. The maximum atomic E-state index is 12.7. The Morgan fingerprint density at radius 2 is 1.85 bits per heavy atom. The Morgan fingerprint density at radius 3 is 2.58 bits per heavy atom. The largest absolute Gasteiger partial charge is 0.479 e. The number of amides is 2. The normalized spacial score (nSPS) is 20.1. The molecule has 0 aromatic heterocycles. The van der Waals surface area contributed by atoms with Gasteiger partial charge >= 0.3 is 0 Å². The van der Waals surface area contributed by atoms with Crippen molar-refractivity contribution in [1.82, 2.24) is 5.32 Å². The topological polar surface area (TPSA) is 58.6 Å². The molecule has 1 N–H and O–H groups in total. The van der Waals surface area contributed by atoms with Crippen LogP contribution in [0.3, 0.4) is 0 Å². The van der Waals surface area contributed by atoms with Crippen molar-refractivity contribution in [3.8, 4) is 5.75 Å². The van der Waals surface area contributed by atoms with E-state index < -0.39 is 6.10 Å². The number of nitrogens with one attached hydrogen (secondary N) is 1. The zero-order valence-corrected chi connectivity index (χ0v) is 14.7. The average molecular weight is 350 g/mol. The van der Waals surface area contributed by atoms with Crippen LogP contribution in [0.15, 0.2) is 54.6 Å². The van der Waals surface area contributed by atoms with Crippen molar-refractivity contribution in [1.29, 1.82) is 0 Å². The van der Waals surface area contributed by atoms with E-state index in [1.54, 1.807) is 6.92 Å². The maximum absolute atomic E-state index is 12.7. The van der Waals surface area contributed by atoms with Crippen molar-refractivity contribution < 1.29 is 14.3 Å². The second kappa shape index (κ2) is 6.83. The van der Waals surface area contributed by atoms with Crippen LogP contribution in [0.25, 0.3) is 0 Å². The Bertz CT molecular complexity index is 817. The second-order valence-electron chi connectivity index (χ2n) is 6.95. The summed E-state index contributed by atoms with van der Waals surface area (Å²) in [6, 6.07) is 17.4. The number of nitrogens with zero attached hydrogens (tertiary/aromatic N) is 1. The highest BCUT2D eigenvalue weighted by Gasteiger charge is 2.36. The van der Waals surface area contributed by atoms with Gasteiger partial charge in [-0.2, -0.15) is 0 Å². The van der Waals surface area contributed by atoms with Gasteiger partial charge in [-0.05, 0) is 43.4 Å². The molecular weight excluding hydrogens is 328 g/mol. The minimum absolute atomic E-state index is 0.000397. The average Bonchev–Trinajstić information content (AvgIpc) is 3.49. The van der Waals surface area contributed by atoms with Gasteiger partial charge in [0.2, 0.25) is 5.91 Å². The number of hydrogen-bond donors (Lipinski definition) is 1. The van der Waals surface area contributed by atoms with E-state index in [0.717, 1.165) is 18.4 Å². The molecule has 2 atom stereocenters.